The molecule has 0 spiro atoms. The summed E-state index contributed by atoms with van der Waals surface area (Å²) < 4.78 is 0. The summed E-state index contributed by atoms with van der Waals surface area (Å²) in [6.07, 6.45) is 30.8. The predicted molar refractivity (Wildman–Crippen MR) is 187 cm³/mol. The number of unbranched alkanes of at least 4 members (excludes halogenated alkanes) is 19. The van der Waals surface area contributed by atoms with Gasteiger partial charge in [0.25, 0.3) is 0 Å². The van der Waals surface area contributed by atoms with Crippen LogP contribution in [0.5, 0.6) is 0 Å². The molecular weight excluding hydrogens is 592 g/mol. The highest BCUT2D eigenvalue weighted by Crippen LogP contribution is 2.11. The summed E-state index contributed by atoms with van der Waals surface area (Å²) in [5, 5.41) is 65.0. The molecule has 0 aromatic rings. The number of aliphatic hydroxyl groups excluding tert-OH is 6. The lowest BCUT2D eigenvalue weighted by Gasteiger charge is -2.00. The first-order valence-electron chi connectivity index (χ1n) is 18.0. The van der Waals surface area contributed by atoms with Gasteiger partial charge in [-0.05, 0) is 38.5 Å². The Morgan fingerprint density at radius 1 is 0.435 bits per heavy atom. The summed E-state index contributed by atoms with van der Waals surface area (Å²) in [7, 11) is 0. The standard InChI is InChI=1S/C18H34O2.C12H24O2.2C3H8O3/c1-2-3-4-5-6-7-8-9-10-11-12-13-14-15-16-17-18(19)20;1-2-3-4-5-6-7-8-9-10-11-12(13)14;2*4-1-3(6)2-5/h9-10H,2-8,11-17H2,1H3,(H,19,20);2-11H2,1H3,(H,13,14);2*3-6H,1-2H2/b10-9-;;;. The molecule has 0 atom stereocenters. The van der Waals surface area contributed by atoms with Gasteiger partial charge in [-0.1, -0.05) is 129 Å². The van der Waals surface area contributed by atoms with Crippen LogP contribution in [-0.4, -0.2) is 91.4 Å². The van der Waals surface area contributed by atoms with Crippen molar-refractivity contribution in [3.63, 3.8) is 0 Å². The quantitative estimate of drug-likeness (QED) is 0.0312. The van der Waals surface area contributed by atoms with Crippen LogP contribution in [0.3, 0.4) is 0 Å². The summed E-state index contributed by atoms with van der Waals surface area (Å²) in [4.78, 5) is 20.5. The van der Waals surface area contributed by atoms with Crippen LogP contribution < -0.4 is 0 Å². The van der Waals surface area contributed by atoms with Gasteiger partial charge in [0.15, 0.2) is 0 Å². The first-order chi connectivity index (χ1) is 22.2. The zero-order chi connectivity index (χ0) is 35.5. The second-order valence-electron chi connectivity index (χ2n) is 11.7. The number of rotatable bonds is 29. The molecule has 10 heteroatoms. The molecule has 0 aromatic carbocycles. The first-order valence-corrected chi connectivity index (χ1v) is 18.0. The van der Waals surface area contributed by atoms with Gasteiger partial charge in [-0.25, -0.2) is 0 Å². The predicted octanol–water partition coefficient (Wildman–Crippen LogP) is 6.76. The van der Waals surface area contributed by atoms with Gasteiger partial charge in [-0.2, -0.15) is 0 Å². The molecule has 8 N–H and O–H groups in total. The van der Waals surface area contributed by atoms with Crippen molar-refractivity contribution in [2.45, 2.75) is 180 Å². The molecule has 0 unspecified atom stereocenters. The Bertz CT molecular complexity index is 583. The summed E-state index contributed by atoms with van der Waals surface area (Å²) >= 11 is 0. The molecule has 0 bridgehead atoms. The van der Waals surface area contributed by atoms with Crippen molar-refractivity contribution in [2.24, 2.45) is 0 Å². The van der Waals surface area contributed by atoms with Gasteiger partial charge >= 0.3 is 11.9 Å². The average Bonchev–Trinajstić information content (AvgIpc) is 3.05. The third-order valence-corrected chi connectivity index (χ3v) is 6.99. The molecule has 0 aliphatic rings. The zero-order valence-electron chi connectivity index (χ0n) is 29.5. The maximum atomic E-state index is 10.3. The first kappa shape index (κ1) is 51.3. The van der Waals surface area contributed by atoms with Gasteiger partial charge < -0.3 is 40.9 Å². The van der Waals surface area contributed by atoms with Crippen molar-refractivity contribution in [3.05, 3.63) is 12.2 Å². The molecule has 0 aromatic heterocycles. The molecule has 0 amide bonds. The second-order valence-corrected chi connectivity index (χ2v) is 11.7. The number of carbonyl (C=O) groups is 2. The van der Waals surface area contributed by atoms with E-state index in [2.05, 4.69) is 26.0 Å². The van der Waals surface area contributed by atoms with Crippen LogP contribution in [-0.2, 0) is 9.59 Å². The van der Waals surface area contributed by atoms with E-state index in [0.717, 1.165) is 25.7 Å². The lowest BCUT2D eigenvalue weighted by molar-refractivity contribution is -0.138. The Balaban J connectivity index is -0.000000291. The van der Waals surface area contributed by atoms with E-state index in [1.807, 2.05) is 0 Å². The highest BCUT2D eigenvalue weighted by Gasteiger charge is 1.97. The van der Waals surface area contributed by atoms with Crippen LogP contribution in [0.25, 0.3) is 0 Å². The molecule has 0 aliphatic carbocycles. The molecule has 0 rings (SSSR count). The van der Waals surface area contributed by atoms with Crippen LogP contribution in [0.4, 0.5) is 0 Å². The van der Waals surface area contributed by atoms with E-state index >= 15 is 0 Å². The largest absolute Gasteiger partial charge is 0.481 e. The number of carboxylic acids is 2. The normalized spacial score (nSPS) is 10.7. The number of hydrogen-bond donors (Lipinski definition) is 8. The maximum absolute atomic E-state index is 10.3. The van der Waals surface area contributed by atoms with Crippen molar-refractivity contribution in [1.82, 2.24) is 0 Å². The van der Waals surface area contributed by atoms with Crippen LogP contribution in [0.2, 0.25) is 0 Å². The van der Waals surface area contributed by atoms with Gasteiger partial charge in [0.1, 0.15) is 12.2 Å². The number of aliphatic hydroxyl groups is 6. The smallest absolute Gasteiger partial charge is 0.303 e. The SMILES string of the molecule is CCCCCCCC/C=C\CCCCCCCC(=O)O.CCCCCCCCCCCC(=O)O.OCC(O)CO.OCC(O)CO. The van der Waals surface area contributed by atoms with Gasteiger partial charge in [0, 0.05) is 12.8 Å². The van der Waals surface area contributed by atoms with Crippen molar-refractivity contribution >= 4 is 11.9 Å². The van der Waals surface area contributed by atoms with Crippen LogP contribution in [0.15, 0.2) is 12.2 Å². The van der Waals surface area contributed by atoms with E-state index in [0.29, 0.717) is 12.8 Å². The van der Waals surface area contributed by atoms with E-state index in [-0.39, 0.29) is 26.4 Å². The highest BCUT2D eigenvalue weighted by molar-refractivity contribution is 5.66. The minimum atomic E-state index is -0.954. The molecule has 0 fully saturated rings. The minimum absolute atomic E-state index is 0.332. The lowest BCUT2D eigenvalue weighted by atomic mass is 10.1. The summed E-state index contributed by atoms with van der Waals surface area (Å²) in [6, 6.07) is 0. The number of carboxylic acid groups (broad SMARTS) is 2. The van der Waals surface area contributed by atoms with Gasteiger partial charge in [-0.15, -0.1) is 0 Å². The monoisotopic (exact) mass is 667 g/mol. The van der Waals surface area contributed by atoms with Gasteiger partial charge in [-0.3, -0.25) is 9.59 Å². The molecule has 10 nitrogen and oxygen atoms in total. The van der Waals surface area contributed by atoms with Crippen molar-refractivity contribution in [2.75, 3.05) is 26.4 Å². The number of hydrogen-bond acceptors (Lipinski definition) is 8. The highest BCUT2D eigenvalue weighted by atomic mass is 16.4. The molecule has 0 radical (unpaired) electrons. The fraction of sp³-hybridized carbons (Fsp3) is 0.889. The maximum Gasteiger partial charge on any atom is 0.303 e. The second kappa shape index (κ2) is 47.8. The molecule has 0 heterocycles. The Morgan fingerprint density at radius 2 is 0.674 bits per heavy atom. The van der Waals surface area contributed by atoms with Crippen LogP contribution >= 0.6 is 0 Å². The minimum Gasteiger partial charge on any atom is -0.481 e. The summed E-state index contributed by atoms with van der Waals surface area (Å²) in [5.74, 6) is -1.32. The molecule has 46 heavy (non-hydrogen) atoms. The number of allylic oxidation sites excluding steroid dienone is 2. The summed E-state index contributed by atoms with van der Waals surface area (Å²) in [6.45, 7) is 3.03. The molecular formula is C36H74O10. The van der Waals surface area contributed by atoms with E-state index in [1.54, 1.807) is 0 Å². The van der Waals surface area contributed by atoms with E-state index < -0.39 is 24.1 Å². The third-order valence-electron chi connectivity index (χ3n) is 6.99. The Hall–Kier alpha value is -1.56. The molecule has 278 valence electrons. The third kappa shape index (κ3) is 61.4. The fourth-order valence-electron chi connectivity index (χ4n) is 4.05. The Kier molecular flexibility index (Phi) is 53.3. The topological polar surface area (TPSA) is 196 Å². The van der Waals surface area contributed by atoms with Crippen molar-refractivity contribution in [3.8, 4) is 0 Å². The molecule has 0 saturated heterocycles. The molecule has 0 saturated carbocycles. The van der Waals surface area contributed by atoms with Crippen LogP contribution in [0, 0.1) is 0 Å². The van der Waals surface area contributed by atoms with E-state index in [4.69, 9.17) is 40.9 Å². The average molecular weight is 667 g/mol. The van der Waals surface area contributed by atoms with Crippen molar-refractivity contribution < 1.29 is 50.4 Å². The lowest BCUT2D eigenvalue weighted by Crippen LogP contribution is -2.15. The Labute approximate surface area is 281 Å². The van der Waals surface area contributed by atoms with Gasteiger partial charge in [0.05, 0.1) is 26.4 Å². The van der Waals surface area contributed by atoms with Crippen molar-refractivity contribution in [1.29, 1.82) is 0 Å². The van der Waals surface area contributed by atoms with E-state index in [9.17, 15) is 9.59 Å². The zero-order valence-corrected chi connectivity index (χ0v) is 29.5. The summed E-state index contributed by atoms with van der Waals surface area (Å²) in [5.41, 5.74) is 0. The van der Waals surface area contributed by atoms with Crippen LogP contribution in [0.1, 0.15) is 168 Å². The van der Waals surface area contributed by atoms with E-state index in [1.165, 1.54) is 116 Å². The van der Waals surface area contributed by atoms with Gasteiger partial charge in [0.2, 0.25) is 0 Å². The number of aliphatic carboxylic acids is 2. The fourth-order valence-corrected chi connectivity index (χ4v) is 4.05. The molecule has 0 aliphatic heterocycles. The Morgan fingerprint density at radius 3 is 0.891 bits per heavy atom.